The smallest absolute Gasteiger partial charge is 0.318 e. The Kier molecular flexibility index (Phi) is 7.60. The molecule has 1 aromatic carbocycles. The Hall–Kier alpha value is -3.48. The molecule has 2 N–H and O–H groups in total. The highest BCUT2D eigenvalue weighted by atomic mass is 35.5. The summed E-state index contributed by atoms with van der Waals surface area (Å²) in [6.07, 6.45) is 5.60. The lowest BCUT2D eigenvalue weighted by molar-refractivity contribution is -0.0855. The van der Waals surface area contributed by atoms with Gasteiger partial charge in [0.15, 0.2) is 5.69 Å². The van der Waals surface area contributed by atoms with Crippen LogP contribution in [0.3, 0.4) is 0 Å². The molecular weight excluding hydrogens is 623 g/mol. The summed E-state index contributed by atoms with van der Waals surface area (Å²) in [7, 11) is 3.47. The Labute approximate surface area is 279 Å². The molecule has 13 heteroatoms. The number of rotatable bonds is 5. The van der Waals surface area contributed by atoms with Crippen LogP contribution in [-0.4, -0.2) is 87.5 Å². The zero-order valence-corrected chi connectivity index (χ0v) is 27.9. The first-order valence-electron chi connectivity index (χ1n) is 16.8. The molecule has 2 fully saturated rings. The highest BCUT2D eigenvalue weighted by Gasteiger charge is 2.50. The number of nitrogens with zero attached hydrogens (tertiary/aromatic N) is 7. The number of aromatic nitrogens is 4. The lowest BCUT2D eigenvalue weighted by atomic mass is 9.74. The van der Waals surface area contributed by atoms with Gasteiger partial charge in [-0.25, -0.2) is 4.39 Å². The van der Waals surface area contributed by atoms with Crippen molar-refractivity contribution in [2.75, 3.05) is 51.0 Å². The fraction of sp³-hybridized carbons (Fsp3) is 0.588. The predicted molar refractivity (Wildman–Crippen MR) is 175 cm³/mol. The Bertz CT molecular complexity index is 1730. The minimum absolute atomic E-state index is 0.123. The minimum Gasteiger partial charge on any atom is -0.461 e. The van der Waals surface area contributed by atoms with Crippen molar-refractivity contribution in [3.05, 3.63) is 57.0 Å². The van der Waals surface area contributed by atoms with Crippen molar-refractivity contribution in [3.63, 3.8) is 0 Å². The lowest BCUT2D eigenvalue weighted by Crippen LogP contribution is -2.44. The molecule has 3 aromatic rings. The van der Waals surface area contributed by atoms with Gasteiger partial charge in [0, 0.05) is 62.8 Å². The monoisotopic (exact) mass is 664 g/mol. The number of amides is 1. The zero-order chi connectivity index (χ0) is 32.5. The Morgan fingerprint density at radius 2 is 2.02 bits per heavy atom. The molecule has 5 aliphatic rings. The number of ether oxygens (including phenoxy) is 2. The molecule has 250 valence electrons. The van der Waals surface area contributed by atoms with Crippen LogP contribution >= 0.6 is 11.6 Å². The minimum atomic E-state index is -0.840. The molecule has 6 heterocycles. The number of aryl methyl sites for hydroxylation is 1. The molecule has 47 heavy (non-hydrogen) atoms. The maximum absolute atomic E-state index is 14.6. The number of alkyl halides is 1. The summed E-state index contributed by atoms with van der Waals surface area (Å²) in [5, 5.41) is 5.31. The third kappa shape index (κ3) is 5.32. The Morgan fingerprint density at radius 3 is 2.87 bits per heavy atom. The summed E-state index contributed by atoms with van der Waals surface area (Å²) >= 11 is 6.71. The summed E-state index contributed by atoms with van der Waals surface area (Å²) in [6, 6.07) is 6.02. The highest BCUT2D eigenvalue weighted by Crippen LogP contribution is 2.48. The van der Waals surface area contributed by atoms with Gasteiger partial charge < -0.3 is 25.0 Å². The molecule has 8 rings (SSSR count). The molecule has 0 radical (unpaired) electrons. The van der Waals surface area contributed by atoms with E-state index in [2.05, 4.69) is 14.9 Å². The molecule has 1 amide bonds. The third-order valence-corrected chi connectivity index (χ3v) is 11.2. The van der Waals surface area contributed by atoms with Crippen molar-refractivity contribution in [1.82, 2.24) is 29.5 Å². The fourth-order valence-corrected chi connectivity index (χ4v) is 8.93. The number of nitrogens with two attached hydrogens (primary N) is 1. The average Bonchev–Trinajstić information content (AvgIpc) is 3.66. The van der Waals surface area contributed by atoms with Gasteiger partial charge in [0.05, 0.1) is 35.7 Å². The Balaban J connectivity index is 1.17. The number of fused-ring (bicyclic) bond motifs is 5. The first-order chi connectivity index (χ1) is 22.6. The third-order valence-electron chi connectivity index (χ3n) is 10.9. The van der Waals surface area contributed by atoms with Gasteiger partial charge >= 0.3 is 6.01 Å². The van der Waals surface area contributed by atoms with Crippen molar-refractivity contribution in [3.8, 4) is 6.01 Å². The van der Waals surface area contributed by atoms with Gasteiger partial charge in [-0.1, -0.05) is 11.6 Å². The van der Waals surface area contributed by atoms with Crippen molar-refractivity contribution < 1.29 is 18.7 Å². The summed E-state index contributed by atoms with van der Waals surface area (Å²) in [5.41, 5.74) is 11.3. The molecule has 0 saturated carbocycles. The van der Waals surface area contributed by atoms with E-state index >= 15 is 0 Å². The van der Waals surface area contributed by atoms with Crippen LogP contribution in [0.4, 0.5) is 15.9 Å². The van der Waals surface area contributed by atoms with Crippen LogP contribution < -0.4 is 15.4 Å². The second kappa shape index (κ2) is 11.6. The first kappa shape index (κ1) is 30.8. The van der Waals surface area contributed by atoms with Crippen molar-refractivity contribution >= 4 is 29.0 Å². The topological polar surface area (TPSA) is 115 Å². The number of carbonyl (C=O) groups excluding carboxylic acids is 1. The zero-order valence-electron chi connectivity index (χ0n) is 27.1. The van der Waals surface area contributed by atoms with E-state index < -0.39 is 11.8 Å². The van der Waals surface area contributed by atoms with Crippen LogP contribution in [0.5, 0.6) is 6.01 Å². The van der Waals surface area contributed by atoms with Crippen LogP contribution in [0.15, 0.2) is 18.2 Å². The number of anilines is 2. The van der Waals surface area contributed by atoms with E-state index in [4.69, 9.17) is 36.8 Å². The summed E-state index contributed by atoms with van der Waals surface area (Å²) in [4.78, 5) is 28.9. The molecule has 1 spiro atoms. The Morgan fingerprint density at radius 1 is 1.15 bits per heavy atom. The van der Waals surface area contributed by atoms with Crippen molar-refractivity contribution in [1.29, 1.82) is 0 Å². The molecule has 11 nitrogen and oxygen atoms in total. The maximum Gasteiger partial charge on any atom is 0.318 e. The quantitative estimate of drug-likeness (QED) is 0.399. The van der Waals surface area contributed by atoms with Gasteiger partial charge in [0.2, 0.25) is 0 Å². The van der Waals surface area contributed by atoms with Gasteiger partial charge in [0.1, 0.15) is 18.6 Å². The van der Waals surface area contributed by atoms with E-state index in [9.17, 15) is 9.18 Å². The average molecular weight is 665 g/mol. The van der Waals surface area contributed by atoms with Crippen LogP contribution in [0.25, 0.3) is 0 Å². The molecule has 2 saturated heterocycles. The fourth-order valence-electron chi connectivity index (χ4n) is 8.61. The first-order valence-corrected chi connectivity index (χ1v) is 17.2. The molecule has 2 aromatic heterocycles. The normalized spacial score (nSPS) is 26.8. The number of halogens is 2. The van der Waals surface area contributed by atoms with E-state index in [1.54, 1.807) is 19.0 Å². The highest BCUT2D eigenvalue weighted by molar-refractivity contribution is 6.31. The van der Waals surface area contributed by atoms with E-state index in [-0.39, 0.29) is 11.4 Å². The largest absolute Gasteiger partial charge is 0.461 e. The van der Waals surface area contributed by atoms with Crippen LogP contribution in [0.1, 0.15) is 77.1 Å². The molecular formula is C34H42ClFN8O3. The van der Waals surface area contributed by atoms with Gasteiger partial charge in [-0.2, -0.15) is 15.1 Å². The van der Waals surface area contributed by atoms with Crippen LogP contribution in [0.2, 0.25) is 5.02 Å². The van der Waals surface area contributed by atoms with E-state index in [0.717, 1.165) is 85.5 Å². The molecule has 4 aliphatic heterocycles. The summed E-state index contributed by atoms with van der Waals surface area (Å²) in [5.74, 6) is 0.648. The van der Waals surface area contributed by atoms with E-state index in [0.29, 0.717) is 68.1 Å². The van der Waals surface area contributed by atoms with E-state index in [1.807, 2.05) is 22.9 Å². The number of hydrogen-bond donors (Lipinski definition) is 1. The summed E-state index contributed by atoms with van der Waals surface area (Å²) in [6.45, 7) is 4.01. The molecule has 3 atom stereocenters. The van der Waals surface area contributed by atoms with Crippen molar-refractivity contribution in [2.24, 2.45) is 0 Å². The molecule has 1 unspecified atom stereocenters. The van der Waals surface area contributed by atoms with Crippen LogP contribution in [0, 0.1) is 0 Å². The van der Waals surface area contributed by atoms with Crippen LogP contribution in [-0.2, 0) is 42.9 Å². The standard InChI is InChI=1S/C34H42ClFN8O3/c1-41(2)31(45)28-14-23-18-42(9-5-11-44(23)40-28)30-25-19-47-34(8-3-6-24-26(34)12-22(37)13-27(24)35)16-29(25)38-32(39-30)46-20-33-7-4-10-43(33)17-21(36)15-33/h12-14,21H,3-11,15-20,37H2,1-2H3/t21-,33+,34?/m1/s1. The molecule has 1 aliphatic carbocycles. The van der Waals surface area contributed by atoms with E-state index in [1.165, 1.54) is 0 Å². The lowest BCUT2D eigenvalue weighted by Gasteiger charge is -2.43. The predicted octanol–water partition coefficient (Wildman–Crippen LogP) is 4.28. The van der Waals surface area contributed by atoms with Gasteiger partial charge in [-0.3, -0.25) is 14.4 Å². The SMILES string of the molecule is CN(C)C(=O)c1cc2n(n1)CCCN(c1nc(OC[C@@]34CCCN3C[C@H](F)C4)nc3c1COC1(CCCc4c(Cl)cc(N)cc41)C3)C2. The second-order valence-corrected chi connectivity index (χ2v) is 14.6. The number of benzene rings is 1. The molecule has 0 bridgehead atoms. The van der Waals surface area contributed by atoms with Gasteiger partial charge in [0.25, 0.3) is 5.91 Å². The van der Waals surface area contributed by atoms with Crippen molar-refractivity contribution in [2.45, 2.75) is 88.4 Å². The van der Waals surface area contributed by atoms with Gasteiger partial charge in [-0.05, 0) is 74.4 Å². The second-order valence-electron chi connectivity index (χ2n) is 14.2. The summed E-state index contributed by atoms with van der Waals surface area (Å²) < 4.78 is 29.8. The number of hydrogen-bond acceptors (Lipinski definition) is 9. The van der Waals surface area contributed by atoms with Gasteiger partial charge in [-0.15, -0.1) is 0 Å². The number of nitrogen functional groups attached to an aromatic ring is 1. The maximum atomic E-state index is 14.6. The number of carbonyl (C=O) groups is 1.